The number of imide groups is 1. The highest BCUT2D eigenvalue weighted by Crippen LogP contribution is 2.37. The maximum absolute atomic E-state index is 12.5. The van der Waals surface area contributed by atoms with Crippen LogP contribution in [0.4, 0.5) is 5.13 Å². The number of carbonyl (C=O) groups is 3. The number of anilines is 1. The van der Waals surface area contributed by atoms with Crippen LogP contribution in [-0.2, 0) is 20.9 Å². The van der Waals surface area contributed by atoms with Gasteiger partial charge in [-0.15, -0.1) is 11.3 Å². The summed E-state index contributed by atoms with van der Waals surface area (Å²) < 4.78 is 0. The van der Waals surface area contributed by atoms with Gasteiger partial charge in [0.25, 0.3) is 0 Å². The van der Waals surface area contributed by atoms with Crippen molar-refractivity contribution in [3.63, 3.8) is 0 Å². The highest BCUT2D eigenvalue weighted by molar-refractivity contribution is 7.13. The third-order valence-electron chi connectivity index (χ3n) is 5.87. The summed E-state index contributed by atoms with van der Waals surface area (Å²) in [7, 11) is 0. The molecule has 1 aliphatic carbocycles. The Kier molecular flexibility index (Phi) is 5.54. The Bertz CT molecular complexity index is 704. The van der Waals surface area contributed by atoms with Crippen LogP contribution in [0.15, 0.2) is 5.38 Å². The summed E-state index contributed by atoms with van der Waals surface area (Å²) in [6, 6.07) is 0. The summed E-state index contributed by atoms with van der Waals surface area (Å²) in [6.07, 6.45) is 7.25. The average molecular weight is 391 g/mol. The van der Waals surface area contributed by atoms with E-state index in [9.17, 15) is 14.4 Å². The number of nitrogens with zero attached hydrogens (tertiary/aromatic N) is 3. The molecule has 3 heterocycles. The first-order valence-electron chi connectivity index (χ1n) is 9.93. The van der Waals surface area contributed by atoms with Crippen molar-refractivity contribution in [1.29, 1.82) is 0 Å². The van der Waals surface area contributed by atoms with Crippen LogP contribution in [-0.4, -0.2) is 52.1 Å². The van der Waals surface area contributed by atoms with Gasteiger partial charge in [-0.05, 0) is 38.8 Å². The zero-order valence-corrected chi connectivity index (χ0v) is 16.3. The molecule has 2 saturated heterocycles. The number of aromatic nitrogens is 1. The van der Waals surface area contributed by atoms with E-state index in [0.717, 1.165) is 55.9 Å². The largest absolute Gasteiger partial charge is 0.300 e. The van der Waals surface area contributed by atoms with Crippen LogP contribution in [0, 0.1) is 11.8 Å². The average Bonchev–Trinajstić information content (AvgIpc) is 3.21. The van der Waals surface area contributed by atoms with E-state index < -0.39 is 0 Å². The third-order valence-corrected chi connectivity index (χ3v) is 6.67. The number of carbonyl (C=O) groups excluding carboxylic acids is 3. The fourth-order valence-electron chi connectivity index (χ4n) is 4.47. The van der Waals surface area contributed by atoms with Crippen LogP contribution in [0.2, 0.25) is 0 Å². The molecule has 0 unspecified atom stereocenters. The van der Waals surface area contributed by atoms with Gasteiger partial charge in [0.05, 0.1) is 17.5 Å². The molecule has 0 spiro atoms. The number of likely N-dealkylation sites (tertiary alicyclic amines) is 2. The molecule has 2 atom stereocenters. The molecule has 8 heteroatoms. The first-order chi connectivity index (χ1) is 13.1. The maximum Gasteiger partial charge on any atom is 0.246 e. The van der Waals surface area contributed by atoms with Crippen molar-refractivity contribution in [3.05, 3.63) is 11.1 Å². The lowest BCUT2D eigenvalue weighted by Gasteiger charge is -2.25. The summed E-state index contributed by atoms with van der Waals surface area (Å²) in [5.74, 6) is -1.13. The number of fused-ring (bicyclic) bond motifs is 1. The Morgan fingerprint density at radius 2 is 1.74 bits per heavy atom. The molecule has 1 saturated carbocycles. The van der Waals surface area contributed by atoms with Gasteiger partial charge in [-0.25, -0.2) is 4.98 Å². The van der Waals surface area contributed by atoms with E-state index in [4.69, 9.17) is 0 Å². The number of hydrogen-bond acceptors (Lipinski definition) is 6. The van der Waals surface area contributed by atoms with Crippen molar-refractivity contribution in [2.45, 2.75) is 51.5 Å². The second-order valence-electron chi connectivity index (χ2n) is 7.79. The van der Waals surface area contributed by atoms with Gasteiger partial charge in [0.1, 0.15) is 6.54 Å². The molecular formula is C19H26N4O3S. The lowest BCUT2D eigenvalue weighted by Crippen LogP contribution is -2.38. The Morgan fingerprint density at radius 1 is 1.07 bits per heavy atom. The highest BCUT2D eigenvalue weighted by atomic mass is 32.1. The summed E-state index contributed by atoms with van der Waals surface area (Å²) >= 11 is 1.39. The fourth-order valence-corrected chi connectivity index (χ4v) is 5.19. The molecule has 3 aliphatic rings. The van der Waals surface area contributed by atoms with Crippen LogP contribution in [0.3, 0.4) is 0 Å². The van der Waals surface area contributed by atoms with Crippen LogP contribution >= 0.6 is 11.3 Å². The summed E-state index contributed by atoms with van der Waals surface area (Å²) in [5, 5.41) is 5.25. The van der Waals surface area contributed by atoms with Gasteiger partial charge < -0.3 is 5.32 Å². The predicted octanol–water partition coefficient (Wildman–Crippen LogP) is 2.24. The number of piperidine rings is 1. The molecule has 3 fully saturated rings. The summed E-state index contributed by atoms with van der Waals surface area (Å²) in [6.45, 7) is 2.80. The minimum absolute atomic E-state index is 0.176. The second kappa shape index (κ2) is 8.06. The smallest absolute Gasteiger partial charge is 0.246 e. The van der Waals surface area contributed by atoms with Gasteiger partial charge in [0.15, 0.2) is 5.13 Å². The number of nitrogens with one attached hydrogen (secondary N) is 1. The standard InChI is InChI=1S/C19H26N4O3S/c24-16(11-23-17(25)14-6-2-3-7-15(14)18(23)26)21-19-20-13(12-27-19)10-22-8-4-1-5-9-22/h12,14-15H,1-11H2,(H,20,21,24)/t14-,15-/m1/s1. The summed E-state index contributed by atoms with van der Waals surface area (Å²) in [5.41, 5.74) is 0.955. The van der Waals surface area contributed by atoms with E-state index in [1.165, 1.54) is 30.6 Å². The monoisotopic (exact) mass is 390 g/mol. The molecule has 7 nitrogen and oxygen atoms in total. The van der Waals surface area contributed by atoms with Gasteiger partial charge in [-0.1, -0.05) is 19.3 Å². The lowest BCUT2D eigenvalue weighted by molar-refractivity contribution is -0.142. The van der Waals surface area contributed by atoms with Gasteiger partial charge >= 0.3 is 0 Å². The molecule has 0 radical (unpaired) electrons. The number of hydrogen-bond donors (Lipinski definition) is 1. The van der Waals surface area contributed by atoms with Crippen molar-refractivity contribution in [2.75, 3.05) is 25.0 Å². The zero-order valence-electron chi connectivity index (χ0n) is 15.5. The van der Waals surface area contributed by atoms with Crippen molar-refractivity contribution >= 4 is 34.2 Å². The van der Waals surface area contributed by atoms with E-state index >= 15 is 0 Å². The Labute approximate surface area is 163 Å². The van der Waals surface area contributed by atoms with Gasteiger partial charge in [-0.3, -0.25) is 24.2 Å². The molecule has 1 aromatic heterocycles. The third kappa shape index (κ3) is 4.06. The maximum atomic E-state index is 12.5. The zero-order chi connectivity index (χ0) is 18.8. The quantitative estimate of drug-likeness (QED) is 0.780. The minimum Gasteiger partial charge on any atom is -0.300 e. The molecule has 1 N–H and O–H groups in total. The van der Waals surface area contributed by atoms with Crippen molar-refractivity contribution in [1.82, 2.24) is 14.8 Å². The minimum atomic E-state index is -0.353. The Hall–Kier alpha value is -1.80. The topological polar surface area (TPSA) is 82.6 Å². The van der Waals surface area contributed by atoms with Crippen LogP contribution < -0.4 is 5.32 Å². The molecule has 1 aromatic rings. The molecule has 146 valence electrons. The van der Waals surface area contributed by atoms with E-state index in [0.29, 0.717) is 5.13 Å². The molecular weight excluding hydrogens is 364 g/mol. The van der Waals surface area contributed by atoms with Gasteiger partial charge in [0, 0.05) is 11.9 Å². The number of rotatable bonds is 5. The molecule has 3 amide bonds. The second-order valence-corrected chi connectivity index (χ2v) is 8.65. The first-order valence-corrected chi connectivity index (χ1v) is 10.8. The molecule has 4 rings (SSSR count). The van der Waals surface area contributed by atoms with Crippen molar-refractivity contribution in [3.8, 4) is 0 Å². The predicted molar refractivity (Wildman–Crippen MR) is 102 cm³/mol. The highest BCUT2D eigenvalue weighted by Gasteiger charge is 2.48. The molecule has 27 heavy (non-hydrogen) atoms. The normalized spacial score (nSPS) is 26.3. The van der Waals surface area contributed by atoms with Crippen LogP contribution in [0.1, 0.15) is 50.6 Å². The molecule has 0 bridgehead atoms. The van der Waals surface area contributed by atoms with E-state index in [1.807, 2.05) is 5.38 Å². The lowest BCUT2D eigenvalue weighted by atomic mass is 9.81. The van der Waals surface area contributed by atoms with E-state index in [-0.39, 0.29) is 36.1 Å². The molecule has 0 aromatic carbocycles. The van der Waals surface area contributed by atoms with E-state index in [2.05, 4.69) is 15.2 Å². The SMILES string of the molecule is O=C(CN1C(=O)[C@@H]2CCCC[C@H]2C1=O)Nc1nc(CN2CCCCC2)cs1. The van der Waals surface area contributed by atoms with Gasteiger partial charge in [0.2, 0.25) is 17.7 Å². The number of thiazole rings is 1. The Balaban J connectivity index is 1.31. The summed E-state index contributed by atoms with van der Waals surface area (Å²) in [4.78, 5) is 45.3. The van der Waals surface area contributed by atoms with Crippen molar-refractivity contribution < 1.29 is 14.4 Å². The van der Waals surface area contributed by atoms with Crippen LogP contribution in [0.5, 0.6) is 0 Å². The fraction of sp³-hybridized carbons (Fsp3) is 0.684. The number of amides is 3. The first kappa shape index (κ1) is 18.6. The van der Waals surface area contributed by atoms with Crippen molar-refractivity contribution in [2.24, 2.45) is 11.8 Å². The van der Waals surface area contributed by atoms with Crippen LogP contribution in [0.25, 0.3) is 0 Å². The van der Waals surface area contributed by atoms with Gasteiger partial charge in [-0.2, -0.15) is 0 Å². The Morgan fingerprint density at radius 3 is 2.41 bits per heavy atom. The molecule has 2 aliphatic heterocycles. The van der Waals surface area contributed by atoms with E-state index in [1.54, 1.807) is 0 Å².